The lowest BCUT2D eigenvalue weighted by atomic mass is 10.1. The Labute approximate surface area is 190 Å². The second-order valence-electron chi connectivity index (χ2n) is 6.99. The molecule has 0 spiro atoms. The summed E-state index contributed by atoms with van der Waals surface area (Å²) < 4.78 is 26.1. The van der Waals surface area contributed by atoms with Crippen molar-refractivity contribution < 1.29 is 18.0 Å². The number of imide groups is 1. The van der Waals surface area contributed by atoms with Crippen molar-refractivity contribution in [3.63, 3.8) is 0 Å². The summed E-state index contributed by atoms with van der Waals surface area (Å²) in [5, 5.41) is -0.277. The zero-order valence-electron chi connectivity index (χ0n) is 16.3. The SMILES string of the molecule is CS(=O)(=O)N(CCN1C(=O)c2ccccc2C1=O)c1c(Cl)c(Cl)cc2[nH]c(=O)c(=O)[nH]c12. The van der Waals surface area contributed by atoms with E-state index in [1.54, 1.807) is 12.1 Å². The first-order valence-electron chi connectivity index (χ1n) is 9.08. The predicted octanol–water partition coefficient (Wildman–Crippen LogP) is 1.59. The van der Waals surface area contributed by atoms with Gasteiger partial charge in [-0.1, -0.05) is 35.3 Å². The molecule has 2 heterocycles. The minimum absolute atomic E-state index is 0.0494. The van der Waals surface area contributed by atoms with Crippen LogP contribution in [0.25, 0.3) is 11.0 Å². The van der Waals surface area contributed by atoms with Crippen LogP contribution in [0, 0.1) is 0 Å². The van der Waals surface area contributed by atoms with Gasteiger partial charge in [0.15, 0.2) is 0 Å². The lowest BCUT2D eigenvalue weighted by molar-refractivity contribution is 0.0659. The largest absolute Gasteiger partial charge is 0.316 e. The van der Waals surface area contributed by atoms with Crippen LogP contribution < -0.4 is 15.4 Å². The number of aromatic nitrogens is 2. The Morgan fingerprint density at radius 1 is 0.969 bits per heavy atom. The van der Waals surface area contributed by atoms with Crippen molar-refractivity contribution in [2.45, 2.75) is 0 Å². The van der Waals surface area contributed by atoms with Crippen molar-refractivity contribution in [1.29, 1.82) is 0 Å². The number of benzene rings is 2. The summed E-state index contributed by atoms with van der Waals surface area (Å²) in [6.07, 6.45) is 0.891. The van der Waals surface area contributed by atoms with Crippen molar-refractivity contribution in [2.75, 3.05) is 23.7 Å². The van der Waals surface area contributed by atoms with Gasteiger partial charge in [0.05, 0.1) is 50.7 Å². The standard InChI is InChI=1S/C19H14Cl2N4O6S/c1-32(30,31)25(7-6-24-18(28)9-4-2-3-5-10(9)19(24)29)15-13(21)11(20)8-12-14(15)23-17(27)16(26)22-12/h2-5,8H,6-7H2,1H3,(H,22,26)(H,23,27). The molecule has 0 unspecified atom stereocenters. The fourth-order valence-electron chi connectivity index (χ4n) is 3.50. The van der Waals surface area contributed by atoms with Gasteiger partial charge in [-0.2, -0.15) is 0 Å². The van der Waals surface area contributed by atoms with Gasteiger partial charge in [-0.15, -0.1) is 0 Å². The molecule has 2 amide bonds. The van der Waals surface area contributed by atoms with Gasteiger partial charge in [0, 0.05) is 6.54 Å². The number of carbonyl (C=O) groups excluding carboxylic acids is 2. The third-order valence-corrected chi connectivity index (χ3v) is 6.89. The first-order chi connectivity index (χ1) is 15.0. The van der Waals surface area contributed by atoms with Gasteiger partial charge in [-0.3, -0.25) is 28.4 Å². The lowest BCUT2D eigenvalue weighted by Gasteiger charge is -2.26. The molecule has 4 rings (SSSR count). The normalized spacial score (nSPS) is 13.7. The first kappa shape index (κ1) is 22.1. The number of hydrogen-bond donors (Lipinski definition) is 2. The van der Waals surface area contributed by atoms with Crippen LogP contribution in [0.3, 0.4) is 0 Å². The van der Waals surface area contributed by atoms with Crippen molar-refractivity contribution in [3.05, 3.63) is 72.2 Å². The van der Waals surface area contributed by atoms with E-state index < -0.39 is 33.0 Å². The minimum Gasteiger partial charge on any atom is -0.316 e. The Morgan fingerprint density at radius 3 is 2.09 bits per heavy atom. The number of fused-ring (bicyclic) bond motifs is 2. The van der Waals surface area contributed by atoms with Gasteiger partial charge in [0.2, 0.25) is 10.0 Å². The van der Waals surface area contributed by atoms with E-state index in [0.29, 0.717) is 0 Å². The van der Waals surface area contributed by atoms with Gasteiger partial charge in [-0.05, 0) is 18.2 Å². The maximum atomic E-state index is 12.6. The predicted molar refractivity (Wildman–Crippen MR) is 119 cm³/mol. The van der Waals surface area contributed by atoms with E-state index in [9.17, 15) is 27.6 Å². The average Bonchev–Trinajstić information content (AvgIpc) is 2.96. The molecule has 2 aromatic carbocycles. The van der Waals surface area contributed by atoms with Crippen molar-refractivity contribution in [3.8, 4) is 0 Å². The van der Waals surface area contributed by atoms with Crippen molar-refractivity contribution in [1.82, 2.24) is 14.9 Å². The molecule has 1 aliphatic rings. The molecule has 0 bridgehead atoms. The Kier molecular flexibility index (Phi) is 5.35. The molecule has 1 aromatic heterocycles. The minimum atomic E-state index is -4.04. The quantitative estimate of drug-likeness (QED) is 0.405. The van der Waals surface area contributed by atoms with Crippen LogP contribution in [0.2, 0.25) is 10.0 Å². The van der Waals surface area contributed by atoms with Gasteiger partial charge in [0.25, 0.3) is 11.8 Å². The van der Waals surface area contributed by atoms with Crippen LogP contribution in [0.5, 0.6) is 0 Å². The van der Waals surface area contributed by atoms with Gasteiger partial charge >= 0.3 is 11.1 Å². The van der Waals surface area contributed by atoms with Crippen LogP contribution in [0.4, 0.5) is 5.69 Å². The van der Waals surface area contributed by atoms with Crippen LogP contribution in [0.15, 0.2) is 39.9 Å². The van der Waals surface area contributed by atoms with Crippen LogP contribution in [-0.4, -0.2) is 54.4 Å². The third-order valence-electron chi connectivity index (χ3n) is 4.94. The molecule has 0 aliphatic carbocycles. The number of carbonyl (C=O) groups is 2. The van der Waals surface area contributed by atoms with E-state index in [0.717, 1.165) is 15.5 Å². The van der Waals surface area contributed by atoms with Crippen molar-refractivity contribution in [2.24, 2.45) is 0 Å². The van der Waals surface area contributed by atoms with Crippen LogP contribution in [-0.2, 0) is 10.0 Å². The van der Waals surface area contributed by atoms with Crippen LogP contribution in [0.1, 0.15) is 20.7 Å². The molecule has 1 aliphatic heterocycles. The Balaban J connectivity index is 1.80. The fourth-order valence-corrected chi connectivity index (χ4v) is 4.93. The monoisotopic (exact) mass is 496 g/mol. The zero-order valence-corrected chi connectivity index (χ0v) is 18.6. The molecule has 13 heteroatoms. The van der Waals surface area contributed by atoms with Gasteiger partial charge in [0.1, 0.15) is 0 Å². The highest BCUT2D eigenvalue weighted by Crippen LogP contribution is 2.38. The van der Waals surface area contributed by atoms with Gasteiger partial charge in [-0.25, -0.2) is 8.42 Å². The van der Waals surface area contributed by atoms with E-state index >= 15 is 0 Å². The smallest absolute Gasteiger partial charge is 0.314 e. The average molecular weight is 497 g/mol. The number of amides is 2. The molecule has 0 saturated heterocycles. The molecule has 3 aromatic rings. The van der Waals surface area contributed by atoms with E-state index in [-0.39, 0.29) is 51.0 Å². The molecular weight excluding hydrogens is 483 g/mol. The summed E-state index contributed by atoms with van der Waals surface area (Å²) >= 11 is 12.4. The Morgan fingerprint density at radius 2 is 1.53 bits per heavy atom. The number of rotatable bonds is 5. The summed E-state index contributed by atoms with van der Waals surface area (Å²) in [6.45, 7) is -0.669. The molecule has 0 atom stereocenters. The van der Waals surface area contributed by atoms with E-state index in [4.69, 9.17) is 23.2 Å². The number of H-pyrrole nitrogens is 2. The summed E-state index contributed by atoms with van der Waals surface area (Å²) in [7, 11) is -4.04. The highest BCUT2D eigenvalue weighted by atomic mass is 35.5. The molecule has 0 radical (unpaired) electrons. The molecule has 0 saturated carbocycles. The summed E-state index contributed by atoms with van der Waals surface area (Å²) in [5.74, 6) is -1.11. The number of sulfonamides is 1. The van der Waals surface area contributed by atoms with Crippen molar-refractivity contribution >= 4 is 61.8 Å². The Bertz CT molecular complexity index is 1490. The number of aromatic amines is 2. The lowest BCUT2D eigenvalue weighted by Crippen LogP contribution is -2.41. The third kappa shape index (κ3) is 3.57. The number of anilines is 1. The fraction of sp³-hybridized carbons (Fsp3) is 0.158. The number of halogens is 2. The maximum absolute atomic E-state index is 12.6. The molecular formula is C19H14Cl2N4O6S. The van der Waals surface area contributed by atoms with E-state index in [1.165, 1.54) is 18.2 Å². The maximum Gasteiger partial charge on any atom is 0.314 e. The zero-order chi connectivity index (χ0) is 23.4. The topological polar surface area (TPSA) is 140 Å². The molecule has 10 nitrogen and oxygen atoms in total. The molecule has 0 fully saturated rings. The second kappa shape index (κ2) is 7.76. The number of hydrogen-bond acceptors (Lipinski definition) is 6. The summed E-state index contributed by atoms with van der Waals surface area (Å²) in [4.78, 5) is 54.4. The molecule has 2 N–H and O–H groups in total. The Hall–Kier alpha value is -3.15. The summed E-state index contributed by atoms with van der Waals surface area (Å²) in [5.41, 5.74) is -1.76. The number of nitrogens with one attached hydrogen (secondary N) is 2. The highest BCUT2D eigenvalue weighted by molar-refractivity contribution is 7.92. The van der Waals surface area contributed by atoms with Crippen LogP contribution >= 0.6 is 23.2 Å². The highest BCUT2D eigenvalue weighted by Gasteiger charge is 2.36. The van der Waals surface area contributed by atoms with Gasteiger partial charge < -0.3 is 9.97 Å². The molecule has 32 heavy (non-hydrogen) atoms. The summed E-state index contributed by atoms with van der Waals surface area (Å²) in [6, 6.07) is 7.51. The van der Waals surface area contributed by atoms with E-state index in [1.807, 2.05) is 0 Å². The molecule has 166 valence electrons. The van der Waals surface area contributed by atoms with E-state index in [2.05, 4.69) is 9.97 Å². The number of nitrogens with zero attached hydrogens (tertiary/aromatic N) is 2. The second-order valence-corrected chi connectivity index (χ2v) is 9.69. The first-order valence-corrected chi connectivity index (χ1v) is 11.7.